The SMILES string of the molecule is CC(C)(C)CNc1c(C#N)cnc2c(N[C@@H](c3ccccc3)c3cn(C4CCN(C(C)(C)C)CC4)nn3)cc(Cl)cc12. The molecule has 0 unspecified atom stereocenters. The molecule has 0 spiro atoms. The molecule has 2 N–H and O–H groups in total. The van der Waals surface area contributed by atoms with Crippen LogP contribution in [0, 0.1) is 16.7 Å². The Morgan fingerprint density at radius 2 is 1.79 bits per heavy atom. The first-order valence-corrected chi connectivity index (χ1v) is 15.1. The highest BCUT2D eigenvalue weighted by Crippen LogP contribution is 2.37. The number of fused-ring (bicyclic) bond motifs is 1. The zero-order chi connectivity index (χ0) is 30.1. The van der Waals surface area contributed by atoms with Crippen molar-refractivity contribution in [3.63, 3.8) is 0 Å². The van der Waals surface area contributed by atoms with Crippen LogP contribution in [0.4, 0.5) is 11.4 Å². The molecule has 2 aromatic heterocycles. The van der Waals surface area contributed by atoms with E-state index in [9.17, 15) is 5.26 Å². The molecule has 4 aromatic rings. The van der Waals surface area contributed by atoms with Gasteiger partial charge in [-0.3, -0.25) is 9.88 Å². The van der Waals surface area contributed by atoms with Gasteiger partial charge in [-0.15, -0.1) is 5.10 Å². The van der Waals surface area contributed by atoms with E-state index in [4.69, 9.17) is 16.6 Å². The van der Waals surface area contributed by atoms with Crippen molar-refractivity contribution in [2.24, 2.45) is 5.41 Å². The number of piperidine rings is 1. The Labute approximate surface area is 254 Å². The Hall–Kier alpha value is -3.67. The van der Waals surface area contributed by atoms with Crippen LogP contribution in [0.2, 0.25) is 5.02 Å². The Bertz CT molecular complexity index is 1570. The maximum absolute atomic E-state index is 9.85. The lowest BCUT2D eigenvalue weighted by Crippen LogP contribution is -2.46. The highest BCUT2D eigenvalue weighted by molar-refractivity contribution is 6.32. The maximum atomic E-state index is 9.85. The van der Waals surface area contributed by atoms with E-state index in [1.54, 1.807) is 6.20 Å². The van der Waals surface area contributed by atoms with E-state index < -0.39 is 0 Å². The van der Waals surface area contributed by atoms with E-state index in [0.29, 0.717) is 23.2 Å². The van der Waals surface area contributed by atoms with Crippen LogP contribution in [-0.2, 0) is 0 Å². The average molecular weight is 585 g/mol. The van der Waals surface area contributed by atoms with Crippen molar-refractivity contribution in [1.29, 1.82) is 5.26 Å². The fourth-order valence-electron chi connectivity index (χ4n) is 5.54. The van der Waals surface area contributed by atoms with Gasteiger partial charge in [-0.1, -0.05) is 67.9 Å². The highest BCUT2D eigenvalue weighted by Gasteiger charge is 2.29. The smallest absolute Gasteiger partial charge is 0.109 e. The molecule has 0 saturated carbocycles. The van der Waals surface area contributed by atoms with E-state index in [2.05, 4.69) is 91.8 Å². The van der Waals surface area contributed by atoms with Gasteiger partial charge in [-0.25, -0.2) is 4.68 Å². The molecule has 42 heavy (non-hydrogen) atoms. The number of hydrogen-bond acceptors (Lipinski definition) is 7. The average Bonchev–Trinajstić information content (AvgIpc) is 3.44. The van der Waals surface area contributed by atoms with Gasteiger partial charge in [-0.2, -0.15) is 5.26 Å². The van der Waals surface area contributed by atoms with Crippen LogP contribution >= 0.6 is 11.6 Å². The molecule has 2 aromatic carbocycles. The molecular weight excluding hydrogens is 544 g/mol. The summed E-state index contributed by atoms with van der Waals surface area (Å²) in [6, 6.07) is 16.3. The molecule has 9 heteroatoms. The second kappa shape index (κ2) is 11.9. The normalized spacial score (nSPS) is 15.9. The summed E-state index contributed by atoms with van der Waals surface area (Å²) in [5, 5.41) is 27.7. The van der Waals surface area contributed by atoms with Gasteiger partial charge >= 0.3 is 0 Å². The Morgan fingerprint density at radius 3 is 2.43 bits per heavy atom. The minimum atomic E-state index is -0.278. The largest absolute Gasteiger partial charge is 0.383 e. The van der Waals surface area contributed by atoms with Crippen molar-refractivity contribution < 1.29 is 0 Å². The van der Waals surface area contributed by atoms with Crippen LogP contribution in [-0.4, -0.2) is 50.1 Å². The Kier molecular flexibility index (Phi) is 8.45. The van der Waals surface area contributed by atoms with Gasteiger partial charge in [0.05, 0.1) is 40.7 Å². The fraction of sp³-hybridized carbons (Fsp3) is 0.455. The predicted octanol–water partition coefficient (Wildman–Crippen LogP) is 7.45. The maximum Gasteiger partial charge on any atom is 0.109 e. The van der Waals surface area contributed by atoms with E-state index in [1.165, 1.54) is 0 Å². The summed E-state index contributed by atoms with van der Waals surface area (Å²) in [4.78, 5) is 7.25. The Morgan fingerprint density at radius 1 is 1.07 bits per heavy atom. The highest BCUT2D eigenvalue weighted by atomic mass is 35.5. The van der Waals surface area contributed by atoms with Crippen molar-refractivity contribution in [2.75, 3.05) is 30.3 Å². The molecular formula is C33H41ClN8. The lowest BCUT2D eigenvalue weighted by Gasteiger charge is -2.40. The topological polar surface area (TPSA) is 94.7 Å². The van der Waals surface area contributed by atoms with Gasteiger partial charge in [0.25, 0.3) is 0 Å². The van der Waals surface area contributed by atoms with Gasteiger partial charge in [0.15, 0.2) is 0 Å². The molecule has 220 valence electrons. The summed E-state index contributed by atoms with van der Waals surface area (Å²) in [5.74, 6) is 0. The lowest BCUT2D eigenvalue weighted by atomic mass is 9.96. The van der Waals surface area contributed by atoms with E-state index in [0.717, 1.165) is 59.5 Å². The number of anilines is 2. The summed E-state index contributed by atoms with van der Waals surface area (Å²) >= 11 is 6.69. The summed E-state index contributed by atoms with van der Waals surface area (Å²) in [6.07, 6.45) is 5.78. The van der Waals surface area contributed by atoms with Gasteiger partial charge < -0.3 is 10.6 Å². The van der Waals surface area contributed by atoms with Crippen molar-refractivity contribution in [3.8, 4) is 6.07 Å². The van der Waals surface area contributed by atoms with Crippen LogP contribution in [0.1, 0.15) is 83.3 Å². The summed E-state index contributed by atoms with van der Waals surface area (Å²) in [7, 11) is 0. The second-order valence-corrected chi connectivity index (χ2v) is 13.9. The fourth-order valence-corrected chi connectivity index (χ4v) is 5.76. The number of nitrogens with zero attached hydrogens (tertiary/aromatic N) is 6. The molecule has 3 heterocycles. The summed E-state index contributed by atoms with van der Waals surface area (Å²) in [6.45, 7) is 16.1. The number of nitrogens with one attached hydrogen (secondary N) is 2. The quantitative estimate of drug-likeness (QED) is 0.233. The summed E-state index contributed by atoms with van der Waals surface area (Å²) in [5.41, 5.74) is 4.81. The number of aromatic nitrogens is 4. The van der Waals surface area contributed by atoms with E-state index >= 15 is 0 Å². The van der Waals surface area contributed by atoms with Crippen molar-refractivity contribution in [1.82, 2.24) is 24.9 Å². The number of nitriles is 1. The zero-order valence-corrected chi connectivity index (χ0v) is 26.2. The molecule has 1 fully saturated rings. The van der Waals surface area contributed by atoms with E-state index in [1.807, 2.05) is 35.0 Å². The first-order valence-electron chi connectivity index (χ1n) is 14.7. The Balaban J connectivity index is 1.50. The number of benzene rings is 2. The third-order valence-electron chi connectivity index (χ3n) is 7.90. The molecule has 5 rings (SSSR count). The number of halogens is 1. The molecule has 8 nitrogen and oxygen atoms in total. The first-order chi connectivity index (χ1) is 19.9. The standard InChI is InChI=1S/C33H41ClN8/c1-32(2,3)21-37-29-23(18-35)19-36-31-26(29)16-24(34)17-27(31)38-30(22-10-8-7-9-11-22)28-20-42(40-39-28)25-12-14-41(15-13-25)33(4,5)6/h7-11,16-17,19-20,25,30,38H,12-15,21H2,1-6H3,(H,36,37)/t30-/m0/s1. The third-order valence-corrected chi connectivity index (χ3v) is 8.11. The predicted molar refractivity (Wildman–Crippen MR) is 171 cm³/mol. The monoisotopic (exact) mass is 584 g/mol. The minimum absolute atomic E-state index is 0.0234. The summed E-state index contributed by atoms with van der Waals surface area (Å²) < 4.78 is 2.04. The number of pyridine rings is 1. The van der Waals surface area contributed by atoms with Crippen LogP contribution in [0.5, 0.6) is 0 Å². The lowest BCUT2D eigenvalue weighted by molar-refractivity contribution is 0.0866. The molecule has 1 saturated heterocycles. The number of rotatable bonds is 7. The molecule has 1 aliphatic rings. The third kappa shape index (κ3) is 6.69. The molecule has 0 amide bonds. The second-order valence-electron chi connectivity index (χ2n) is 13.4. The molecule has 0 radical (unpaired) electrons. The minimum Gasteiger partial charge on any atom is -0.383 e. The number of likely N-dealkylation sites (tertiary alicyclic amines) is 1. The van der Waals surface area contributed by atoms with Crippen molar-refractivity contribution in [2.45, 2.75) is 72.0 Å². The van der Waals surface area contributed by atoms with Gasteiger partial charge in [0.1, 0.15) is 11.8 Å². The molecule has 1 atom stereocenters. The number of hydrogen-bond donors (Lipinski definition) is 2. The van der Waals surface area contributed by atoms with E-state index in [-0.39, 0.29) is 17.0 Å². The van der Waals surface area contributed by atoms with Crippen molar-refractivity contribution in [3.05, 3.63) is 76.7 Å². The van der Waals surface area contributed by atoms with Crippen LogP contribution in [0.15, 0.2) is 54.9 Å². The van der Waals surface area contributed by atoms with Crippen molar-refractivity contribution >= 4 is 33.9 Å². The first kappa shape index (κ1) is 29.8. The van der Waals surface area contributed by atoms with Gasteiger partial charge in [-0.05, 0) is 56.7 Å². The van der Waals surface area contributed by atoms with Crippen LogP contribution < -0.4 is 10.6 Å². The van der Waals surface area contributed by atoms with Crippen LogP contribution in [0.25, 0.3) is 10.9 Å². The zero-order valence-electron chi connectivity index (χ0n) is 25.4. The molecule has 0 aliphatic carbocycles. The molecule has 1 aliphatic heterocycles. The molecule has 0 bridgehead atoms. The van der Waals surface area contributed by atoms with Crippen LogP contribution in [0.3, 0.4) is 0 Å². The van der Waals surface area contributed by atoms with Gasteiger partial charge in [0.2, 0.25) is 0 Å². The van der Waals surface area contributed by atoms with Gasteiger partial charge in [0, 0.05) is 41.8 Å².